The fourth-order valence-corrected chi connectivity index (χ4v) is 5.79. The van der Waals surface area contributed by atoms with Gasteiger partial charge in [0.2, 0.25) is 5.75 Å². The molecular weight excluding hydrogens is 496 g/mol. The maximum atomic E-state index is 13.6. The summed E-state index contributed by atoms with van der Waals surface area (Å²) in [6.45, 7) is 6.79. The van der Waals surface area contributed by atoms with Crippen LogP contribution in [0.3, 0.4) is 0 Å². The number of ether oxygens (including phenoxy) is 3. The molecule has 0 radical (unpaired) electrons. The Morgan fingerprint density at radius 1 is 0.949 bits per heavy atom. The van der Waals surface area contributed by atoms with Crippen molar-refractivity contribution in [3.05, 3.63) is 59.2 Å². The number of piperazine rings is 1. The summed E-state index contributed by atoms with van der Waals surface area (Å²) in [7, 11) is 4.90. The average Bonchev–Trinajstić information content (AvgIpc) is 3.41. The highest BCUT2D eigenvalue weighted by atomic mass is 16.5. The van der Waals surface area contributed by atoms with Crippen LogP contribution >= 0.6 is 0 Å². The molecule has 202 valence electrons. The van der Waals surface area contributed by atoms with Gasteiger partial charge in [-0.05, 0) is 19.1 Å². The van der Waals surface area contributed by atoms with Crippen molar-refractivity contribution in [2.45, 2.75) is 13.5 Å². The molecule has 1 aliphatic carbocycles. The predicted molar refractivity (Wildman–Crippen MR) is 151 cm³/mol. The molecule has 0 spiro atoms. The lowest BCUT2D eigenvalue weighted by atomic mass is 9.86. The first-order valence-corrected chi connectivity index (χ1v) is 13.2. The standard InChI is InChI=1S/C30H32N4O5/c1-5-31-21-16-22(26-25-24(21)27(35)19-8-6-7-9-20(19)29(25)39-32-26)34-14-12-33(13-15-34)17-18-10-11-23(36-2)30(38-4)28(18)37-3/h6-11,16,31H,5,12-15,17H2,1-4H3. The van der Waals surface area contributed by atoms with Crippen LogP contribution in [0.25, 0.3) is 22.2 Å². The number of aromatic nitrogens is 1. The number of hydrogen-bond acceptors (Lipinski definition) is 9. The summed E-state index contributed by atoms with van der Waals surface area (Å²) < 4.78 is 22.6. The quantitative estimate of drug-likeness (QED) is 0.304. The molecule has 1 saturated heterocycles. The Morgan fingerprint density at radius 3 is 2.38 bits per heavy atom. The van der Waals surface area contributed by atoms with Crippen molar-refractivity contribution in [1.29, 1.82) is 0 Å². The van der Waals surface area contributed by atoms with E-state index >= 15 is 0 Å². The van der Waals surface area contributed by atoms with Crippen LogP contribution in [0.2, 0.25) is 0 Å². The summed E-state index contributed by atoms with van der Waals surface area (Å²) in [5.74, 6) is 2.61. The van der Waals surface area contributed by atoms with Gasteiger partial charge in [-0.25, -0.2) is 0 Å². The van der Waals surface area contributed by atoms with Crippen molar-refractivity contribution in [3.63, 3.8) is 0 Å². The molecule has 0 saturated carbocycles. The van der Waals surface area contributed by atoms with Crippen LogP contribution in [0, 0.1) is 0 Å². The van der Waals surface area contributed by atoms with E-state index in [0.717, 1.165) is 66.1 Å². The fourth-order valence-electron chi connectivity index (χ4n) is 5.79. The van der Waals surface area contributed by atoms with Gasteiger partial charge in [0, 0.05) is 61.6 Å². The predicted octanol–water partition coefficient (Wildman–Crippen LogP) is 4.82. The first-order valence-electron chi connectivity index (χ1n) is 13.2. The van der Waals surface area contributed by atoms with Crippen LogP contribution in [-0.4, -0.2) is 69.9 Å². The molecule has 1 aliphatic heterocycles. The Kier molecular flexibility index (Phi) is 6.52. The van der Waals surface area contributed by atoms with Gasteiger partial charge in [0.25, 0.3) is 0 Å². The normalized spacial score (nSPS) is 14.9. The summed E-state index contributed by atoms with van der Waals surface area (Å²) in [4.78, 5) is 18.3. The third-order valence-corrected chi connectivity index (χ3v) is 7.64. The van der Waals surface area contributed by atoms with E-state index in [1.165, 1.54) is 0 Å². The molecule has 9 nitrogen and oxygen atoms in total. The van der Waals surface area contributed by atoms with Gasteiger partial charge in [-0.15, -0.1) is 0 Å². The van der Waals surface area contributed by atoms with Gasteiger partial charge < -0.3 is 29.0 Å². The van der Waals surface area contributed by atoms with Gasteiger partial charge in [-0.2, -0.15) is 0 Å². The lowest BCUT2D eigenvalue weighted by Gasteiger charge is -2.36. The third kappa shape index (κ3) is 4.04. The molecule has 1 N–H and O–H groups in total. The van der Waals surface area contributed by atoms with Gasteiger partial charge in [0.05, 0.1) is 38.0 Å². The van der Waals surface area contributed by atoms with E-state index in [-0.39, 0.29) is 5.78 Å². The summed E-state index contributed by atoms with van der Waals surface area (Å²) >= 11 is 0. The number of carbonyl (C=O) groups is 1. The number of nitrogens with zero attached hydrogens (tertiary/aromatic N) is 3. The number of fused-ring (bicyclic) bond motifs is 2. The van der Waals surface area contributed by atoms with Crippen LogP contribution in [0.4, 0.5) is 11.4 Å². The largest absolute Gasteiger partial charge is 0.493 e. The molecule has 0 unspecified atom stereocenters. The highest BCUT2D eigenvalue weighted by Crippen LogP contribution is 2.46. The van der Waals surface area contributed by atoms with Gasteiger partial charge >= 0.3 is 0 Å². The maximum Gasteiger partial charge on any atom is 0.203 e. The van der Waals surface area contributed by atoms with E-state index in [1.807, 2.05) is 43.3 Å². The summed E-state index contributed by atoms with van der Waals surface area (Å²) in [6, 6.07) is 13.6. The molecule has 3 aromatic carbocycles. The second-order valence-electron chi connectivity index (χ2n) is 9.72. The zero-order valence-corrected chi connectivity index (χ0v) is 22.7. The van der Waals surface area contributed by atoms with Gasteiger partial charge in [0.1, 0.15) is 5.52 Å². The van der Waals surface area contributed by atoms with E-state index < -0.39 is 0 Å². The molecule has 1 fully saturated rings. The van der Waals surface area contributed by atoms with Crippen molar-refractivity contribution in [2.75, 3.05) is 64.3 Å². The summed E-state index contributed by atoms with van der Waals surface area (Å²) in [5.41, 5.74) is 5.67. The minimum Gasteiger partial charge on any atom is -0.493 e. The third-order valence-electron chi connectivity index (χ3n) is 7.64. The SMILES string of the molecule is CCNc1cc(N2CCN(Cc3ccc(OC)c(OC)c3OC)CC2)c2noc3c2c1C(=O)c1ccccc1-3. The smallest absolute Gasteiger partial charge is 0.203 e. The molecular formula is C30H32N4O5. The number of benzene rings is 3. The lowest BCUT2D eigenvalue weighted by molar-refractivity contribution is 0.104. The van der Waals surface area contributed by atoms with Gasteiger partial charge in [-0.1, -0.05) is 35.5 Å². The van der Waals surface area contributed by atoms with Gasteiger partial charge in [0.15, 0.2) is 23.0 Å². The minimum absolute atomic E-state index is 0.00230. The number of anilines is 2. The molecule has 9 heteroatoms. The van der Waals surface area contributed by atoms with Crippen molar-refractivity contribution >= 4 is 28.1 Å². The molecule has 4 aromatic rings. The molecule has 0 bridgehead atoms. The van der Waals surface area contributed by atoms with Crippen LogP contribution in [0.15, 0.2) is 47.0 Å². The van der Waals surface area contributed by atoms with Gasteiger partial charge in [-0.3, -0.25) is 9.69 Å². The van der Waals surface area contributed by atoms with E-state index in [9.17, 15) is 4.79 Å². The number of ketones is 1. The number of rotatable bonds is 8. The first-order chi connectivity index (χ1) is 19.1. The highest BCUT2D eigenvalue weighted by molar-refractivity contribution is 6.28. The average molecular weight is 529 g/mol. The van der Waals surface area contributed by atoms with Crippen LogP contribution in [-0.2, 0) is 6.54 Å². The zero-order valence-electron chi connectivity index (χ0n) is 22.7. The Hall–Kier alpha value is -4.24. The number of carbonyl (C=O) groups excluding carboxylic acids is 1. The molecule has 2 heterocycles. The van der Waals surface area contributed by atoms with Crippen molar-refractivity contribution in [3.8, 4) is 28.6 Å². The molecule has 0 amide bonds. The Bertz CT molecular complexity index is 1550. The Balaban J connectivity index is 1.30. The Labute approximate surface area is 227 Å². The second kappa shape index (κ2) is 10.1. The van der Waals surface area contributed by atoms with E-state index in [1.54, 1.807) is 21.3 Å². The fraction of sp³-hybridized carbons (Fsp3) is 0.333. The number of hydrogen-bond donors (Lipinski definition) is 1. The zero-order chi connectivity index (χ0) is 27.1. The molecule has 1 aromatic heterocycles. The van der Waals surface area contributed by atoms with E-state index in [4.69, 9.17) is 18.7 Å². The van der Waals surface area contributed by atoms with Crippen LogP contribution in [0.5, 0.6) is 17.2 Å². The van der Waals surface area contributed by atoms with Crippen molar-refractivity contribution in [2.24, 2.45) is 0 Å². The molecule has 0 atom stereocenters. The van der Waals surface area contributed by atoms with Crippen molar-refractivity contribution < 1.29 is 23.5 Å². The van der Waals surface area contributed by atoms with Crippen molar-refractivity contribution in [1.82, 2.24) is 10.1 Å². The summed E-state index contributed by atoms with van der Waals surface area (Å²) in [5, 5.41) is 8.71. The van der Waals surface area contributed by atoms with E-state index in [2.05, 4.69) is 26.3 Å². The molecule has 39 heavy (non-hydrogen) atoms. The molecule has 6 rings (SSSR count). The van der Waals surface area contributed by atoms with Crippen LogP contribution in [0.1, 0.15) is 28.4 Å². The van der Waals surface area contributed by atoms with E-state index in [0.29, 0.717) is 40.7 Å². The Morgan fingerprint density at radius 2 is 1.69 bits per heavy atom. The number of nitrogens with one attached hydrogen (secondary N) is 1. The highest BCUT2D eigenvalue weighted by Gasteiger charge is 2.34. The molecule has 2 aliphatic rings. The maximum absolute atomic E-state index is 13.6. The number of methoxy groups -OCH3 is 3. The topological polar surface area (TPSA) is 89.3 Å². The van der Waals surface area contributed by atoms with Crippen LogP contribution < -0.4 is 24.4 Å². The minimum atomic E-state index is 0.00230. The summed E-state index contributed by atoms with van der Waals surface area (Å²) in [6.07, 6.45) is 0. The first kappa shape index (κ1) is 25.1. The lowest BCUT2D eigenvalue weighted by Crippen LogP contribution is -2.46. The monoisotopic (exact) mass is 528 g/mol. The second-order valence-corrected chi connectivity index (χ2v) is 9.72.